The molecule has 0 unspecified atom stereocenters. The minimum atomic E-state index is 0.0789. The zero-order chi connectivity index (χ0) is 17.8. The molecular formula is C22H23N3O. The van der Waals surface area contributed by atoms with Gasteiger partial charge in [0, 0.05) is 24.6 Å². The molecule has 0 spiro atoms. The lowest BCUT2D eigenvalue weighted by Gasteiger charge is -2.31. The molecule has 1 N–H and O–H groups in total. The van der Waals surface area contributed by atoms with Gasteiger partial charge in [0.25, 0.3) is 0 Å². The van der Waals surface area contributed by atoms with Gasteiger partial charge in [-0.1, -0.05) is 48.5 Å². The fourth-order valence-corrected chi connectivity index (χ4v) is 3.67. The van der Waals surface area contributed by atoms with Gasteiger partial charge < -0.3 is 4.90 Å². The SMILES string of the molecule is O=C(C=Cc1n[nH]c2ccccc12)N1CCC(Cc2ccccc2)CC1. The van der Waals surface area contributed by atoms with Crippen molar-refractivity contribution in [3.8, 4) is 0 Å². The van der Waals surface area contributed by atoms with E-state index in [0.29, 0.717) is 5.92 Å². The Bertz CT molecular complexity index is 905. The lowest BCUT2D eigenvalue weighted by Crippen LogP contribution is -2.37. The minimum Gasteiger partial charge on any atom is -0.339 e. The zero-order valence-electron chi connectivity index (χ0n) is 14.8. The number of aromatic amines is 1. The smallest absolute Gasteiger partial charge is 0.246 e. The van der Waals surface area contributed by atoms with Crippen molar-refractivity contribution in [1.82, 2.24) is 15.1 Å². The largest absolute Gasteiger partial charge is 0.339 e. The summed E-state index contributed by atoms with van der Waals surface area (Å²) < 4.78 is 0. The number of piperidine rings is 1. The summed E-state index contributed by atoms with van der Waals surface area (Å²) in [6.07, 6.45) is 6.72. The van der Waals surface area contributed by atoms with Crippen LogP contribution < -0.4 is 0 Å². The Morgan fingerprint density at radius 2 is 1.81 bits per heavy atom. The van der Waals surface area contributed by atoms with Crippen LogP contribution in [0.15, 0.2) is 60.7 Å². The zero-order valence-corrected chi connectivity index (χ0v) is 14.8. The molecule has 3 aromatic rings. The molecule has 1 aliphatic rings. The number of H-pyrrole nitrogens is 1. The molecule has 0 atom stereocenters. The van der Waals surface area contributed by atoms with E-state index in [1.54, 1.807) is 6.08 Å². The van der Waals surface area contributed by atoms with E-state index in [1.807, 2.05) is 35.2 Å². The van der Waals surface area contributed by atoms with Crippen LogP contribution in [0.1, 0.15) is 24.1 Å². The molecule has 1 aromatic heterocycles. The van der Waals surface area contributed by atoms with Gasteiger partial charge in [0.05, 0.1) is 11.2 Å². The van der Waals surface area contributed by atoms with E-state index in [9.17, 15) is 4.79 Å². The number of para-hydroxylation sites is 1. The second kappa shape index (κ2) is 7.56. The molecule has 1 saturated heterocycles. The topological polar surface area (TPSA) is 49.0 Å². The fraction of sp³-hybridized carbons (Fsp3) is 0.273. The van der Waals surface area contributed by atoms with Gasteiger partial charge in [0.1, 0.15) is 0 Å². The normalized spacial score (nSPS) is 15.8. The van der Waals surface area contributed by atoms with Crippen molar-refractivity contribution >= 4 is 22.9 Å². The van der Waals surface area contributed by atoms with E-state index in [0.717, 1.165) is 48.9 Å². The Hall–Kier alpha value is -2.88. The van der Waals surface area contributed by atoms with Gasteiger partial charge in [-0.25, -0.2) is 0 Å². The second-order valence-corrected chi connectivity index (χ2v) is 6.95. The maximum atomic E-state index is 12.5. The minimum absolute atomic E-state index is 0.0789. The van der Waals surface area contributed by atoms with E-state index in [4.69, 9.17) is 0 Å². The first kappa shape index (κ1) is 16.6. The monoisotopic (exact) mass is 345 g/mol. The Morgan fingerprint density at radius 3 is 2.62 bits per heavy atom. The Morgan fingerprint density at radius 1 is 1.08 bits per heavy atom. The first-order valence-electron chi connectivity index (χ1n) is 9.23. The summed E-state index contributed by atoms with van der Waals surface area (Å²) in [4.78, 5) is 14.4. The number of hydrogen-bond donors (Lipinski definition) is 1. The molecule has 2 aromatic carbocycles. The number of fused-ring (bicyclic) bond motifs is 1. The van der Waals surface area contributed by atoms with Crippen LogP contribution in [0.3, 0.4) is 0 Å². The molecule has 0 saturated carbocycles. The van der Waals surface area contributed by atoms with Crippen LogP contribution in [0.25, 0.3) is 17.0 Å². The van der Waals surface area contributed by atoms with Crippen molar-refractivity contribution in [2.75, 3.05) is 13.1 Å². The van der Waals surface area contributed by atoms with Gasteiger partial charge in [-0.2, -0.15) is 5.10 Å². The number of rotatable bonds is 4. The van der Waals surface area contributed by atoms with Gasteiger partial charge >= 0.3 is 0 Å². The number of nitrogens with one attached hydrogen (secondary N) is 1. The maximum Gasteiger partial charge on any atom is 0.246 e. The molecule has 4 nitrogen and oxygen atoms in total. The van der Waals surface area contributed by atoms with E-state index in [1.165, 1.54) is 5.56 Å². The van der Waals surface area contributed by atoms with Crippen LogP contribution in [0.5, 0.6) is 0 Å². The highest BCUT2D eigenvalue weighted by molar-refractivity contribution is 5.95. The van der Waals surface area contributed by atoms with Gasteiger partial charge in [-0.15, -0.1) is 0 Å². The van der Waals surface area contributed by atoms with Crippen molar-refractivity contribution in [2.45, 2.75) is 19.3 Å². The van der Waals surface area contributed by atoms with Gasteiger partial charge in [0.15, 0.2) is 0 Å². The molecule has 1 aliphatic heterocycles. The molecule has 0 radical (unpaired) electrons. The van der Waals surface area contributed by atoms with Crippen LogP contribution in [0.4, 0.5) is 0 Å². The molecule has 0 aliphatic carbocycles. The number of amides is 1. The highest BCUT2D eigenvalue weighted by atomic mass is 16.2. The Balaban J connectivity index is 1.33. The first-order chi connectivity index (χ1) is 12.8. The predicted molar refractivity (Wildman–Crippen MR) is 105 cm³/mol. The molecule has 132 valence electrons. The third kappa shape index (κ3) is 3.69. The third-order valence-electron chi connectivity index (χ3n) is 5.18. The number of benzene rings is 2. The average molecular weight is 345 g/mol. The Labute approximate surface area is 153 Å². The highest BCUT2D eigenvalue weighted by Crippen LogP contribution is 2.22. The lowest BCUT2D eigenvalue weighted by molar-refractivity contribution is -0.127. The number of carbonyl (C=O) groups excluding carboxylic acids is 1. The molecule has 4 heteroatoms. The van der Waals surface area contributed by atoms with Crippen LogP contribution in [-0.4, -0.2) is 34.1 Å². The van der Waals surface area contributed by atoms with Crippen LogP contribution in [0, 0.1) is 5.92 Å². The van der Waals surface area contributed by atoms with Gasteiger partial charge in [-0.05, 0) is 42.9 Å². The first-order valence-corrected chi connectivity index (χ1v) is 9.23. The number of aromatic nitrogens is 2. The highest BCUT2D eigenvalue weighted by Gasteiger charge is 2.21. The maximum absolute atomic E-state index is 12.5. The number of carbonyl (C=O) groups is 1. The summed E-state index contributed by atoms with van der Waals surface area (Å²) in [5, 5.41) is 8.32. The van der Waals surface area contributed by atoms with Crippen molar-refractivity contribution in [1.29, 1.82) is 0 Å². The van der Waals surface area contributed by atoms with E-state index >= 15 is 0 Å². The van der Waals surface area contributed by atoms with E-state index in [2.05, 4.69) is 40.5 Å². The summed E-state index contributed by atoms with van der Waals surface area (Å²) in [5.74, 6) is 0.746. The summed E-state index contributed by atoms with van der Waals surface area (Å²) in [6.45, 7) is 1.67. The van der Waals surface area contributed by atoms with Crippen LogP contribution >= 0.6 is 0 Å². The summed E-state index contributed by atoms with van der Waals surface area (Å²) in [6, 6.07) is 18.6. The quantitative estimate of drug-likeness (QED) is 0.725. The predicted octanol–water partition coefficient (Wildman–Crippen LogP) is 4.06. The standard InChI is InChI=1S/C22H23N3O/c26-22(11-10-21-19-8-4-5-9-20(19)23-24-21)25-14-12-18(13-15-25)16-17-6-2-1-3-7-17/h1-11,18H,12-16H2,(H,23,24). The molecular weight excluding hydrogens is 322 g/mol. The molecule has 4 rings (SSSR count). The average Bonchev–Trinajstić information content (AvgIpc) is 3.11. The third-order valence-corrected chi connectivity index (χ3v) is 5.18. The van der Waals surface area contributed by atoms with Gasteiger partial charge in [0.2, 0.25) is 5.91 Å². The van der Waals surface area contributed by atoms with Crippen LogP contribution in [-0.2, 0) is 11.2 Å². The molecule has 2 heterocycles. The van der Waals surface area contributed by atoms with E-state index < -0.39 is 0 Å². The summed E-state index contributed by atoms with van der Waals surface area (Å²) in [5.41, 5.74) is 3.19. The number of hydrogen-bond acceptors (Lipinski definition) is 2. The lowest BCUT2D eigenvalue weighted by atomic mass is 9.90. The molecule has 26 heavy (non-hydrogen) atoms. The van der Waals surface area contributed by atoms with Crippen molar-refractivity contribution in [2.24, 2.45) is 5.92 Å². The van der Waals surface area contributed by atoms with Crippen molar-refractivity contribution in [3.05, 3.63) is 71.9 Å². The van der Waals surface area contributed by atoms with Gasteiger partial charge in [-0.3, -0.25) is 9.89 Å². The van der Waals surface area contributed by atoms with Crippen LogP contribution in [0.2, 0.25) is 0 Å². The summed E-state index contributed by atoms with van der Waals surface area (Å²) in [7, 11) is 0. The molecule has 0 bridgehead atoms. The second-order valence-electron chi connectivity index (χ2n) is 6.95. The number of likely N-dealkylation sites (tertiary alicyclic amines) is 1. The molecule has 1 fully saturated rings. The van der Waals surface area contributed by atoms with Crippen molar-refractivity contribution in [3.63, 3.8) is 0 Å². The number of nitrogens with zero attached hydrogens (tertiary/aromatic N) is 2. The Kier molecular flexibility index (Phi) is 4.82. The molecule has 1 amide bonds. The summed E-state index contributed by atoms with van der Waals surface area (Å²) >= 11 is 0. The fourth-order valence-electron chi connectivity index (χ4n) is 3.67. The van der Waals surface area contributed by atoms with Crippen molar-refractivity contribution < 1.29 is 4.79 Å². The van der Waals surface area contributed by atoms with E-state index in [-0.39, 0.29) is 5.91 Å².